The average molecular weight is 356 g/mol. The molecular formula is C21H28N2O3. The first-order chi connectivity index (χ1) is 12.3. The molecule has 0 radical (unpaired) electrons. The minimum absolute atomic E-state index is 0.0643. The number of esters is 1. The summed E-state index contributed by atoms with van der Waals surface area (Å²) in [5, 5.41) is 3.78. The van der Waals surface area contributed by atoms with Gasteiger partial charge in [-0.15, -0.1) is 0 Å². The topological polar surface area (TPSA) is 68.3 Å². The predicted molar refractivity (Wildman–Crippen MR) is 103 cm³/mol. The maximum absolute atomic E-state index is 12.5. The van der Waals surface area contributed by atoms with Crippen LogP contribution in [0.4, 0.5) is 0 Å². The third-order valence-corrected chi connectivity index (χ3v) is 4.46. The predicted octanol–water partition coefficient (Wildman–Crippen LogP) is 3.95. The average Bonchev–Trinajstić information content (AvgIpc) is 2.58. The highest BCUT2D eigenvalue weighted by atomic mass is 16.5. The molecule has 5 nitrogen and oxygen atoms in total. The lowest BCUT2D eigenvalue weighted by Crippen LogP contribution is -2.36. The van der Waals surface area contributed by atoms with Gasteiger partial charge in [0.1, 0.15) is 0 Å². The van der Waals surface area contributed by atoms with Crippen molar-refractivity contribution in [3.8, 4) is 0 Å². The first-order valence-electron chi connectivity index (χ1n) is 9.12. The molecule has 2 rings (SSSR count). The number of carbonyl (C=O) groups excluding carboxylic acids is 2. The Morgan fingerprint density at radius 2 is 1.81 bits per heavy atom. The number of benzene rings is 1. The molecule has 0 aliphatic heterocycles. The highest BCUT2D eigenvalue weighted by molar-refractivity contribution is 5.99. The van der Waals surface area contributed by atoms with Crippen molar-refractivity contribution < 1.29 is 14.3 Å². The summed E-state index contributed by atoms with van der Waals surface area (Å²) in [7, 11) is 0. The van der Waals surface area contributed by atoms with Crippen molar-refractivity contribution in [3.63, 3.8) is 0 Å². The first-order valence-corrected chi connectivity index (χ1v) is 9.12. The van der Waals surface area contributed by atoms with E-state index in [4.69, 9.17) is 4.74 Å². The summed E-state index contributed by atoms with van der Waals surface area (Å²) in [5.41, 5.74) is 2.71. The molecule has 26 heavy (non-hydrogen) atoms. The molecule has 1 amide bonds. The normalized spacial score (nSPS) is 12.2. The van der Waals surface area contributed by atoms with E-state index in [1.54, 1.807) is 6.92 Å². The van der Waals surface area contributed by atoms with Crippen LogP contribution in [0.15, 0.2) is 24.3 Å². The molecule has 0 saturated carbocycles. The van der Waals surface area contributed by atoms with Crippen molar-refractivity contribution in [2.75, 3.05) is 6.61 Å². The van der Waals surface area contributed by atoms with Gasteiger partial charge in [0.2, 0.25) is 0 Å². The fraction of sp³-hybridized carbons (Fsp3) is 0.476. The number of pyridine rings is 1. The van der Waals surface area contributed by atoms with Crippen LogP contribution in [0.1, 0.15) is 55.2 Å². The summed E-state index contributed by atoms with van der Waals surface area (Å²) in [4.78, 5) is 29.0. The Balaban J connectivity index is 2.00. The Morgan fingerprint density at radius 1 is 1.12 bits per heavy atom. The van der Waals surface area contributed by atoms with E-state index in [0.717, 1.165) is 29.3 Å². The quantitative estimate of drug-likeness (QED) is 0.763. The van der Waals surface area contributed by atoms with Gasteiger partial charge in [-0.25, -0.2) is 4.79 Å². The summed E-state index contributed by atoms with van der Waals surface area (Å²) in [6.07, 6.45) is 1.95. The van der Waals surface area contributed by atoms with Gasteiger partial charge < -0.3 is 10.1 Å². The van der Waals surface area contributed by atoms with E-state index in [1.165, 1.54) is 0 Å². The molecule has 1 heterocycles. The summed E-state index contributed by atoms with van der Waals surface area (Å²) in [6, 6.07) is 7.73. The van der Waals surface area contributed by atoms with E-state index >= 15 is 0 Å². The third kappa shape index (κ3) is 5.04. The van der Waals surface area contributed by atoms with Gasteiger partial charge in [0.15, 0.2) is 6.61 Å². The standard InChI is InChI=1S/C21H28N2O3/c1-13(2)10-11-14(3)22-19(24)12-26-21(25)20-15(4)17-8-6-7-9-18(17)23-16(20)5/h6-9,13-14H,10-12H2,1-5H3,(H,22,24). The monoisotopic (exact) mass is 356 g/mol. The lowest BCUT2D eigenvalue weighted by Gasteiger charge is -2.16. The number of hydrogen-bond acceptors (Lipinski definition) is 4. The van der Waals surface area contributed by atoms with Crippen LogP contribution in [0, 0.1) is 19.8 Å². The van der Waals surface area contributed by atoms with Crippen LogP contribution in [0.25, 0.3) is 10.9 Å². The number of hydrogen-bond donors (Lipinski definition) is 1. The largest absolute Gasteiger partial charge is 0.452 e. The first kappa shape index (κ1) is 19.9. The van der Waals surface area contributed by atoms with Crippen molar-refractivity contribution in [3.05, 3.63) is 41.1 Å². The Hall–Kier alpha value is -2.43. The second-order valence-electron chi connectivity index (χ2n) is 7.23. The van der Waals surface area contributed by atoms with Crippen molar-refractivity contribution in [2.24, 2.45) is 5.92 Å². The number of ether oxygens (including phenoxy) is 1. The highest BCUT2D eigenvalue weighted by Crippen LogP contribution is 2.23. The number of aryl methyl sites for hydroxylation is 2. The summed E-state index contributed by atoms with van der Waals surface area (Å²) >= 11 is 0. The molecule has 1 aromatic heterocycles. The van der Waals surface area contributed by atoms with Crippen LogP contribution in [-0.2, 0) is 9.53 Å². The van der Waals surface area contributed by atoms with Crippen molar-refractivity contribution in [2.45, 2.75) is 53.5 Å². The highest BCUT2D eigenvalue weighted by Gasteiger charge is 2.19. The number of nitrogens with one attached hydrogen (secondary N) is 1. The van der Waals surface area contributed by atoms with Gasteiger partial charge in [0.05, 0.1) is 16.8 Å². The van der Waals surface area contributed by atoms with Gasteiger partial charge in [-0.05, 0) is 51.2 Å². The lowest BCUT2D eigenvalue weighted by molar-refractivity contribution is -0.124. The van der Waals surface area contributed by atoms with Crippen molar-refractivity contribution in [1.82, 2.24) is 10.3 Å². The number of amides is 1. The molecule has 1 unspecified atom stereocenters. The second kappa shape index (κ2) is 8.79. The number of carbonyl (C=O) groups is 2. The van der Waals surface area contributed by atoms with Crippen LogP contribution in [-0.4, -0.2) is 29.5 Å². The van der Waals surface area contributed by atoms with E-state index in [9.17, 15) is 9.59 Å². The Bertz CT molecular complexity index is 799. The minimum atomic E-state index is -0.511. The van der Waals surface area contributed by atoms with Gasteiger partial charge in [0.25, 0.3) is 5.91 Å². The van der Waals surface area contributed by atoms with Crippen LogP contribution in [0.2, 0.25) is 0 Å². The second-order valence-corrected chi connectivity index (χ2v) is 7.23. The van der Waals surface area contributed by atoms with E-state index in [1.807, 2.05) is 38.1 Å². The number of nitrogens with zero attached hydrogens (tertiary/aromatic N) is 1. The number of aromatic nitrogens is 1. The van der Waals surface area contributed by atoms with Crippen LogP contribution >= 0.6 is 0 Å². The minimum Gasteiger partial charge on any atom is -0.452 e. The summed E-state index contributed by atoms with van der Waals surface area (Å²) in [6.45, 7) is 9.64. The maximum Gasteiger partial charge on any atom is 0.340 e. The molecule has 0 aliphatic carbocycles. The smallest absolute Gasteiger partial charge is 0.340 e. The van der Waals surface area contributed by atoms with E-state index in [2.05, 4.69) is 24.1 Å². The van der Waals surface area contributed by atoms with Crippen molar-refractivity contribution >= 4 is 22.8 Å². The van der Waals surface area contributed by atoms with Crippen LogP contribution in [0.3, 0.4) is 0 Å². The van der Waals surface area contributed by atoms with E-state index in [-0.39, 0.29) is 18.6 Å². The number of para-hydroxylation sites is 1. The molecule has 2 aromatic rings. The van der Waals surface area contributed by atoms with Gasteiger partial charge in [-0.3, -0.25) is 9.78 Å². The van der Waals surface area contributed by atoms with Crippen molar-refractivity contribution in [1.29, 1.82) is 0 Å². The number of rotatable bonds is 7. The van der Waals surface area contributed by atoms with Gasteiger partial charge >= 0.3 is 5.97 Å². The maximum atomic E-state index is 12.5. The molecule has 140 valence electrons. The molecule has 1 N–H and O–H groups in total. The lowest BCUT2D eigenvalue weighted by atomic mass is 10.0. The van der Waals surface area contributed by atoms with Gasteiger partial charge in [0, 0.05) is 11.4 Å². The molecule has 5 heteroatoms. The molecule has 0 aliphatic rings. The fourth-order valence-electron chi connectivity index (χ4n) is 3.01. The van der Waals surface area contributed by atoms with Crippen LogP contribution < -0.4 is 5.32 Å². The zero-order valence-electron chi connectivity index (χ0n) is 16.3. The SMILES string of the molecule is Cc1nc2ccccc2c(C)c1C(=O)OCC(=O)NC(C)CCC(C)C. The summed E-state index contributed by atoms with van der Waals surface area (Å²) < 4.78 is 5.24. The van der Waals surface area contributed by atoms with E-state index < -0.39 is 5.97 Å². The molecule has 1 aromatic carbocycles. The molecule has 0 fully saturated rings. The zero-order chi connectivity index (χ0) is 19.3. The zero-order valence-corrected chi connectivity index (χ0v) is 16.3. The molecule has 0 spiro atoms. The fourth-order valence-corrected chi connectivity index (χ4v) is 3.01. The molecule has 1 atom stereocenters. The molecular weight excluding hydrogens is 328 g/mol. The van der Waals surface area contributed by atoms with Gasteiger partial charge in [-0.1, -0.05) is 32.0 Å². The Kier molecular flexibility index (Phi) is 6.72. The van der Waals surface area contributed by atoms with E-state index in [0.29, 0.717) is 17.2 Å². The molecule has 0 bridgehead atoms. The van der Waals surface area contributed by atoms with Gasteiger partial charge in [-0.2, -0.15) is 0 Å². The molecule has 0 saturated heterocycles. The summed E-state index contributed by atoms with van der Waals surface area (Å²) in [5.74, 6) is -0.194. The van der Waals surface area contributed by atoms with Crippen LogP contribution in [0.5, 0.6) is 0 Å². The number of fused-ring (bicyclic) bond motifs is 1. The Labute approximate surface area is 155 Å². The third-order valence-electron chi connectivity index (χ3n) is 4.46. The Morgan fingerprint density at radius 3 is 2.50 bits per heavy atom.